The first-order valence-corrected chi connectivity index (χ1v) is 8.49. The molecule has 0 saturated carbocycles. The molecule has 1 heterocycles. The lowest BCUT2D eigenvalue weighted by atomic mass is 10.1. The van der Waals surface area contributed by atoms with Gasteiger partial charge in [-0.2, -0.15) is 0 Å². The summed E-state index contributed by atoms with van der Waals surface area (Å²) in [5, 5.41) is 6.18. The van der Waals surface area contributed by atoms with Crippen LogP contribution < -0.4 is 15.4 Å². The van der Waals surface area contributed by atoms with Gasteiger partial charge in [0.2, 0.25) is 0 Å². The normalized spacial score (nSPS) is 11.5. The molecule has 2 N–H and O–H groups in total. The molecule has 1 aromatic heterocycles. The second kappa shape index (κ2) is 8.36. The first-order valence-electron chi connectivity index (χ1n) is 8.12. The lowest BCUT2D eigenvalue weighted by Gasteiger charge is -2.17. The van der Waals surface area contributed by atoms with Crippen LogP contribution in [0, 0.1) is 0 Å². The Hall–Kier alpha value is -3.05. The van der Waals surface area contributed by atoms with Crippen LogP contribution in [0.3, 0.4) is 0 Å². The van der Waals surface area contributed by atoms with E-state index in [1.165, 1.54) is 0 Å². The van der Waals surface area contributed by atoms with Gasteiger partial charge in [0, 0.05) is 17.4 Å². The molecule has 0 aliphatic rings. The van der Waals surface area contributed by atoms with Crippen molar-refractivity contribution < 1.29 is 9.53 Å². The summed E-state index contributed by atoms with van der Waals surface area (Å²) < 4.78 is 5.85. The molecular formula is C20H18ClN3O2. The number of ether oxygens (including phenoxy) is 1. The summed E-state index contributed by atoms with van der Waals surface area (Å²) in [6.45, 7) is 1.90. The van der Waals surface area contributed by atoms with Crippen molar-refractivity contribution in [2.24, 2.45) is 0 Å². The first-order chi connectivity index (χ1) is 12.6. The summed E-state index contributed by atoms with van der Waals surface area (Å²) in [5.74, 6) is 1.18. The Morgan fingerprint density at radius 3 is 2.54 bits per heavy atom. The van der Waals surface area contributed by atoms with Crippen LogP contribution in [0.5, 0.6) is 11.5 Å². The van der Waals surface area contributed by atoms with Gasteiger partial charge in [0.25, 0.3) is 0 Å². The van der Waals surface area contributed by atoms with Crippen molar-refractivity contribution in [3.05, 3.63) is 83.6 Å². The zero-order valence-corrected chi connectivity index (χ0v) is 14.9. The molecule has 2 aromatic carbocycles. The van der Waals surface area contributed by atoms with Crippen molar-refractivity contribution in [1.29, 1.82) is 0 Å². The number of aromatic nitrogens is 1. The van der Waals surface area contributed by atoms with Gasteiger partial charge >= 0.3 is 6.03 Å². The number of anilines is 1. The van der Waals surface area contributed by atoms with E-state index in [4.69, 9.17) is 16.3 Å². The van der Waals surface area contributed by atoms with Gasteiger partial charge in [0.15, 0.2) is 5.75 Å². The summed E-state index contributed by atoms with van der Waals surface area (Å²) in [6.07, 6.45) is 3.38. The molecule has 0 radical (unpaired) electrons. The van der Waals surface area contributed by atoms with Crippen molar-refractivity contribution in [3.63, 3.8) is 0 Å². The number of pyridine rings is 1. The quantitative estimate of drug-likeness (QED) is 0.633. The van der Waals surface area contributed by atoms with Gasteiger partial charge in [-0.15, -0.1) is 0 Å². The zero-order chi connectivity index (χ0) is 18.4. The van der Waals surface area contributed by atoms with Gasteiger partial charge in [0.05, 0.1) is 11.7 Å². The Labute approximate surface area is 157 Å². The standard InChI is InChI=1S/C20H18ClN3O2/c1-14(15-9-11-22-12-10-15)23-20(25)24-18-13-16(21)7-8-19(18)26-17-5-3-2-4-6-17/h2-14H,1H3,(H2,23,24,25). The molecule has 0 aliphatic carbocycles. The van der Waals surface area contributed by atoms with Crippen LogP contribution in [-0.4, -0.2) is 11.0 Å². The number of para-hydroxylation sites is 1. The summed E-state index contributed by atoms with van der Waals surface area (Å²) >= 11 is 6.07. The minimum atomic E-state index is -0.352. The molecule has 1 atom stereocenters. The van der Waals surface area contributed by atoms with Crippen LogP contribution >= 0.6 is 11.6 Å². The van der Waals surface area contributed by atoms with Gasteiger partial charge < -0.3 is 15.4 Å². The van der Waals surface area contributed by atoms with E-state index < -0.39 is 0 Å². The molecular weight excluding hydrogens is 350 g/mol. The predicted molar refractivity (Wildman–Crippen MR) is 103 cm³/mol. The summed E-state index contributed by atoms with van der Waals surface area (Å²) in [5.41, 5.74) is 1.45. The molecule has 6 heteroatoms. The Morgan fingerprint density at radius 1 is 1.08 bits per heavy atom. The molecule has 0 spiro atoms. The van der Waals surface area contributed by atoms with Gasteiger partial charge in [-0.25, -0.2) is 4.79 Å². The third-order valence-corrected chi connectivity index (χ3v) is 3.95. The summed E-state index contributed by atoms with van der Waals surface area (Å²) in [4.78, 5) is 16.4. The van der Waals surface area contributed by atoms with Crippen LogP contribution in [0.1, 0.15) is 18.5 Å². The van der Waals surface area contributed by atoms with Crippen LogP contribution in [0.4, 0.5) is 10.5 Å². The molecule has 3 rings (SSSR count). The maximum absolute atomic E-state index is 12.4. The highest BCUT2D eigenvalue weighted by atomic mass is 35.5. The number of nitrogens with one attached hydrogen (secondary N) is 2. The fraction of sp³-hybridized carbons (Fsp3) is 0.100. The lowest BCUT2D eigenvalue weighted by Crippen LogP contribution is -2.31. The Balaban J connectivity index is 1.72. The minimum Gasteiger partial charge on any atom is -0.455 e. The van der Waals surface area contributed by atoms with Crippen molar-refractivity contribution in [3.8, 4) is 11.5 Å². The monoisotopic (exact) mass is 367 g/mol. The molecule has 132 valence electrons. The third-order valence-electron chi connectivity index (χ3n) is 3.71. The van der Waals surface area contributed by atoms with Crippen molar-refractivity contribution in [2.75, 3.05) is 5.32 Å². The zero-order valence-electron chi connectivity index (χ0n) is 14.1. The lowest BCUT2D eigenvalue weighted by molar-refractivity contribution is 0.249. The molecule has 26 heavy (non-hydrogen) atoms. The molecule has 1 unspecified atom stereocenters. The highest BCUT2D eigenvalue weighted by Gasteiger charge is 2.13. The number of halogens is 1. The number of amides is 2. The number of hydrogen-bond acceptors (Lipinski definition) is 3. The number of urea groups is 1. The van der Waals surface area contributed by atoms with Gasteiger partial charge in [-0.3, -0.25) is 4.98 Å². The second-order valence-electron chi connectivity index (χ2n) is 5.66. The summed E-state index contributed by atoms with van der Waals surface area (Å²) in [7, 11) is 0. The van der Waals surface area contributed by atoms with E-state index in [0.717, 1.165) is 5.56 Å². The van der Waals surface area contributed by atoms with Crippen LogP contribution in [0.15, 0.2) is 73.1 Å². The van der Waals surface area contributed by atoms with E-state index >= 15 is 0 Å². The minimum absolute atomic E-state index is 0.171. The van der Waals surface area contributed by atoms with Gasteiger partial charge in [-0.05, 0) is 55.0 Å². The Bertz CT molecular complexity index is 873. The topological polar surface area (TPSA) is 63.2 Å². The summed E-state index contributed by atoms with van der Waals surface area (Å²) in [6, 6.07) is 17.6. The van der Waals surface area contributed by atoms with Crippen LogP contribution in [-0.2, 0) is 0 Å². The second-order valence-corrected chi connectivity index (χ2v) is 6.09. The number of benzene rings is 2. The van der Waals surface area contributed by atoms with E-state index in [1.54, 1.807) is 30.6 Å². The molecule has 0 saturated heterocycles. The van der Waals surface area contributed by atoms with Gasteiger partial charge in [-0.1, -0.05) is 29.8 Å². The predicted octanol–water partition coefficient (Wildman–Crippen LogP) is 5.41. The number of carbonyl (C=O) groups excluding carboxylic acids is 1. The Kier molecular flexibility index (Phi) is 5.71. The fourth-order valence-corrected chi connectivity index (χ4v) is 2.57. The SMILES string of the molecule is CC(NC(=O)Nc1cc(Cl)ccc1Oc1ccccc1)c1ccncc1. The molecule has 0 aliphatic heterocycles. The van der Waals surface area contributed by atoms with Crippen molar-refractivity contribution >= 4 is 23.3 Å². The third kappa shape index (κ3) is 4.74. The van der Waals surface area contributed by atoms with Crippen molar-refractivity contribution in [1.82, 2.24) is 10.3 Å². The molecule has 0 bridgehead atoms. The van der Waals surface area contributed by atoms with Gasteiger partial charge in [0.1, 0.15) is 5.75 Å². The molecule has 3 aromatic rings. The van der Waals surface area contributed by atoms with E-state index in [2.05, 4.69) is 15.6 Å². The van der Waals surface area contributed by atoms with E-state index in [-0.39, 0.29) is 12.1 Å². The smallest absolute Gasteiger partial charge is 0.319 e. The van der Waals surface area contributed by atoms with E-state index in [0.29, 0.717) is 22.2 Å². The average molecular weight is 368 g/mol. The molecule has 2 amide bonds. The highest BCUT2D eigenvalue weighted by molar-refractivity contribution is 6.31. The van der Waals surface area contributed by atoms with Crippen LogP contribution in [0.25, 0.3) is 0 Å². The number of carbonyl (C=O) groups is 1. The maximum Gasteiger partial charge on any atom is 0.319 e. The largest absolute Gasteiger partial charge is 0.455 e. The maximum atomic E-state index is 12.4. The number of rotatable bonds is 5. The van der Waals surface area contributed by atoms with Crippen LogP contribution in [0.2, 0.25) is 5.02 Å². The number of hydrogen-bond donors (Lipinski definition) is 2. The number of nitrogens with zero attached hydrogens (tertiary/aromatic N) is 1. The molecule has 5 nitrogen and oxygen atoms in total. The fourth-order valence-electron chi connectivity index (χ4n) is 2.39. The molecule has 0 fully saturated rings. The van der Waals surface area contributed by atoms with E-state index in [1.807, 2.05) is 49.4 Å². The highest BCUT2D eigenvalue weighted by Crippen LogP contribution is 2.32. The van der Waals surface area contributed by atoms with E-state index in [9.17, 15) is 4.79 Å². The average Bonchev–Trinajstić information content (AvgIpc) is 2.65. The van der Waals surface area contributed by atoms with Crippen molar-refractivity contribution in [2.45, 2.75) is 13.0 Å². The first kappa shape index (κ1) is 17.8. The Morgan fingerprint density at radius 2 is 1.81 bits per heavy atom.